The van der Waals surface area contributed by atoms with Crippen molar-refractivity contribution in [2.45, 2.75) is 20.0 Å². The molecule has 0 saturated heterocycles. The van der Waals surface area contributed by atoms with Crippen LogP contribution in [0.4, 0.5) is 5.82 Å². The molecule has 0 aliphatic carbocycles. The van der Waals surface area contributed by atoms with Crippen LogP contribution in [-0.4, -0.2) is 21.2 Å². The van der Waals surface area contributed by atoms with Gasteiger partial charge in [0.15, 0.2) is 0 Å². The highest BCUT2D eigenvalue weighted by atomic mass is 16.2. The lowest BCUT2D eigenvalue weighted by Crippen LogP contribution is -2.39. The number of aromatic nitrogens is 3. The predicted octanol–water partition coefficient (Wildman–Crippen LogP) is 0.515. The van der Waals surface area contributed by atoms with E-state index in [4.69, 9.17) is 0 Å². The minimum Gasteiger partial charge on any atom is -0.373 e. The number of rotatable bonds is 4. The highest BCUT2D eigenvalue weighted by molar-refractivity contribution is 5.42. The van der Waals surface area contributed by atoms with Gasteiger partial charge in [-0.2, -0.15) is 0 Å². The van der Waals surface area contributed by atoms with E-state index in [1.807, 2.05) is 13.0 Å². The molecule has 0 aliphatic rings. The van der Waals surface area contributed by atoms with Gasteiger partial charge in [-0.25, -0.2) is 9.78 Å². The zero-order chi connectivity index (χ0) is 13.8. The Morgan fingerprint density at radius 2 is 2.11 bits per heavy atom. The van der Waals surface area contributed by atoms with Crippen molar-refractivity contribution in [3.8, 4) is 0 Å². The van der Waals surface area contributed by atoms with Crippen LogP contribution >= 0.6 is 0 Å². The van der Waals surface area contributed by atoms with Crippen LogP contribution in [0.15, 0.2) is 40.2 Å². The van der Waals surface area contributed by atoms with Crippen molar-refractivity contribution in [3.05, 3.63) is 57.0 Å². The third-order valence-corrected chi connectivity index (χ3v) is 2.94. The van der Waals surface area contributed by atoms with Crippen LogP contribution in [0.5, 0.6) is 0 Å². The minimum atomic E-state index is -0.305. The van der Waals surface area contributed by atoms with Gasteiger partial charge in [0.25, 0.3) is 5.56 Å². The second kappa shape index (κ2) is 5.51. The number of hydrogen-bond acceptors (Lipinski definition) is 4. The fourth-order valence-corrected chi connectivity index (χ4v) is 1.90. The van der Waals surface area contributed by atoms with E-state index >= 15 is 0 Å². The van der Waals surface area contributed by atoms with Gasteiger partial charge in [0.1, 0.15) is 5.82 Å². The van der Waals surface area contributed by atoms with Gasteiger partial charge < -0.3 is 9.88 Å². The Morgan fingerprint density at radius 1 is 1.32 bits per heavy atom. The summed E-state index contributed by atoms with van der Waals surface area (Å²) in [7, 11) is 1.75. The molecular weight excluding hydrogens is 244 g/mol. The van der Waals surface area contributed by atoms with E-state index in [9.17, 15) is 9.59 Å². The zero-order valence-corrected chi connectivity index (χ0v) is 11.0. The molecule has 0 radical (unpaired) electrons. The highest BCUT2D eigenvalue weighted by Gasteiger charge is 2.08. The van der Waals surface area contributed by atoms with Crippen molar-refractivity contribution in [2.75, 3.05) is 12.4 Å². The van der Waals surface area contributed by atoms with E-state index in [0.717, 1.165) is 5.56 Å². The molecule has 0 aromatic carbocycles. The third kappa shape index (κ3) is 2.57. The third-order valence-electron chi connectivity index (χ3n) is 2.94. The summed E-state index contributed by atoms with van der Waals surface area (Å²) in [5.41, 5.74) is 0.194. The maximum absolute atomic E-state index is 12.1. The van der Waals surface area contributed by atoms with Crippen molar-refractivity contribution < 1.29 is 0 Å². The topological polar surface area (TPSA) is 68.9 Å². The lowest BCUT2D eigenvalue weighted by Gasteiger charge is -2.10. The lowest BCUT2D eigenvalue weighted by molar-refractivity contribution is 0.600. The first-order valence-corrected chi connectivity index (χ1v) is 6.09. The second-order valence-electron chi connectivity index (χ2n) is 4.07. The first-order chi connectivity index (χ1) is 9.17. The van der Waals surface area contributed by atoms with Gasteiger partial charge in [-0.3, -0.25) is 9.36 Å². The predicted molar refractivity (Wildman–Crippen MR) is 73.5 cm³/mol. The minimum absolute atomic E-state index is 0.211. The molecular formula is C13H16N4O2. The summed E-state index contributed by atoms with van der Waals surface area (Å²) in [5, 5.41) is 2.95. The summed E-state index contributed by atoms with van der Waals surface area (Å²) >= 11 is 0. The molecule has 6 nitrogen and oxygen atoms in total. The number of anilines is 1. The Bertz CT molecular complexity index is 688. The average Bonchev–Trinajstić information content (AvgIpc) is 2.44. The van der Waals surface area contributed by atoms with Crippen LogP contribution in [0.2, 0.25) is 0 Å². The number of pyridine rings is 1. The molecule has 0 unspecified atom stereocenters. The van der Waals surface area contributed by atoms with Gasteiger partial charge in [-0.15, -0.1) is 0 Å². The SMILES string of the molecule is CCn1ccc(=O)n(Cc2cccnc2NC)c1=O. The molecule has 2 aromatic rings. The van der Waals surface area contributed by atoms with Crippen LogP contribution in [0.3, 0.4) is 0 Å². The summed E-state index contributed by atoms with van der Waals surface area (Å²) in [6.07, 6.45) is 3.18. The number of nitrogens with zero attached hydrogens (tertiary/aromatic N) is 3. The van der Waals surface area contributed by atoms with Crippen LogP contribution in [0.25, 0.3) is 0 Å². The fourth-order valence-electron chi connectivity index (χ4n) is 1.90. The summed E-state index contributed by atoms with van der Waals surface area (Å²) < 4.78 is 2.71. The summed E-state index contributed by atoms with van der Waals surface area (Å²) in [5.74, 6) is 0.667. The molecule has 0 spiro atoms. The van der Waals surface area contributed by atoms with Crippen LogP contribution < -0.4 is 16.6 Å². The van der Waals surface area contributed by atoms with Gasteiger partial charge in [0.05, 0.1) is 6.54 Å². The van der Waals surface area contributed by atoms with Crippen molar-refractivity contribution in [1.82, 2.24) is 14.1 Å². The molecule has 2 rings (SSSR count). The molecule has 2 heterocycles. The summed E-state index contributed by atoms with van der Waals surface area (Å²) in [6, 6.07) is 5.02. The molecule has 0 bridgehead atoms. The molecule has 1 N–H and O–H groups in total. The monoisotopic (exact) mass is 260 g/mol. The van der Waals surface area contributed by atoms with E-state index in [-0.39, 0.29) is 17.8 Å². The molecule has 0 saturated carbocycles. The first kappa shape index (κ1) is 13.1. The molecule has 0 aliphatic heterocycles. The Labute approximate surface area is 110 Å². The van der Waals surface area contributed by atoms with E-state index in [1.54, 1.807) is 19.3 Å². The zero-order valence-electron chi connectivity index (χ0n) is 11.0. The maximum Gasteiger partial charge on any atom is 0.331 e. The Balaban J connectivity index is 2.49. The summed E-state index contributed by atoms with van der Waals surface area (Å²) in [4.78, 5) is 28.1. The van der Waals surface area contributed by atoms with Gasteiger partial charge >= 0.3 is 5.69 Å². The molecule has 19 heavy (non-hydrogen) atoms. The number of hydrogen-bond donors (Lipinski definition) is 1. The van der Waals surface area contributed by atoms with Crippen molar-refractivity contribution >= 4 is 5.82 Å². The van der Waals surface area contributed by atoms with Crippen LogP contribution in [0, 0.1) is 0 Å². The van der Waals surface area contributed by atoms with E-state index in [0.29, 0.717) is 12.4 Å². The number of nitrogens with one attached hydrogen (secondary N) is 1. The molecule has 100 valence electrons. The first-order valence-electron chi connectivity index (χ1n) is 6.09. The second-order valence-corrected chi connectivity index (χ2v) is 4.07. The van der Waals surface area contributed by atoms with E-state index in [1.165, 1.54) is 21.4 Å². The van der Waals surface area contributed by atoms with Crippen molar-refractivity contribution in [1.29, 1.82) is 0 Å². The Morgan fingerprint density at radius 3 is 2.79 bits per heavy atom. The normalized spacial score (nSPS) is 10.4. The standard InChI is InChI=1S/C13H16N4O2/c1-3-16-8-6-11(18)17(13(16)19)9-10-5-4-7-15-12(10)14-2/h4-8H,3,9H2,1-2H3,(H,14,15). The van der Waals surface area contributed by atoms with Crippen molar-refractivity contribution in [3.63, 3.8) is 0 Å². The van der Waals surface area contributed by atoms with Crippen molar-refractivity contribution in [2.24, 2.45) is 0 Å². The van der Waals surface area contributed by atoms with Gasteiger partial charge in [-0.1, -0.05) is 6.07 Å². The summed E-state index contributed by atoms with van der Waals surface area (Å²) in [6.45, 7) is 2.60. The highest BCUT2D eigenvalue weighted by Crippen LogP contribution is 2.10. The Hall–Kier alpha value is -2.37. The van der Waals surface area contributed by atoms with E-state index in [2.05, 4.69) is 10.3 Å². The Kier molecular flexibility index (Phi) is 3.79. The maximum atomic E-state index is 12.1. The van der Waals surface area contributed by atoms with Crippen LogP contribution in [0.1, 0.15) is 12.5 Å². The van der Waals surface area contributed by atoms with Gasteiger partial charge in [-0.05, 0) is 13.0 Å². The molecule has 6 heteroatoms. The van der Waals surface area contributed by atoms with Crippen LogP contribution in [-0.2, 0) is 13.1 Å². The number of aryl methyl sites for hydroxylation is 1. The van der Waals surface area contributed by atoms with Gasteiger partial charge in [0.2, 0.25) is 0 Å². The molecule has 0 amide bonds. The molecule has 0 fully saturated rings. The lowest BCUT2D eigenvalue weighted by atomic mass is 10.2. The van der Waals surface area contributed by atoms with Gasteiger partial charge in [0, 0.05) is 37.6 Å². The smallest absolute Gasteiger partial charge is 0.331 e. The average molecular weight is 260 g/mol. The largest absolute Gasteiger partial charge is 0.373 e. The van der Waals surface area contributed by atoms with E-state index < -0.39 is 0 Å². The quantitative estimate of drug-likeness (QED) is 0.870. The fraction of sp³-hybridized carbons (Fsp3) is 0.308. The molecule has 2 aromatic heterocycles. The molecule has 0 atom stereocenters.